The van der Waals surface area contributed by atoms with Crippen molar-refractivity contribution in [3.8, 4) is 0 Å². The van der Waals surface area contributed by atoms with Crippen LogP contribution in [0.5, 0.6) is 0 Å². The van der Waals surface area contributed by atoms with Crippen molar-refractivity contribution in [1.29, 1.82) is 0 Å². The van der Waals surface area contributed by atoms with Crippen LogP contribution < -0.4 is 0 Å². The predicted octanol–water partition coefficient (Wildman–Crippen LogP) is 8.56. The van der Waals surface area contributed by atoms with Crippen LogP contribution in [0, 0.1) is 0 Å². The van der Waals surface area contributed by atoms with Gasteiger partial charge in [0.2, 0.25) is 0 Å². The Balaban J connectivity index is 1.54. The molecule has 2 aliphatic rings. The van der Waals surface area contributed by atoms with Gasteiger partial charge in [-0.05, 0) is 54.6 Å². The summed E-state index contributed by atoms with van der Waals surface area (Å²) in [6, 6.07) is 42.2. The van der Waals surface area contributed by atoms with E-state index in [-0.39, 0.29) is 5.78 Å². The number of benzene rings is 6. The first-order chi connectivity index (χ1) is 17.8. The number of allylic oxidation sites excluding steroid dienone is 4. The molecule has 8 rings (SSSR count). The molecule has 0 spiro atoms. The summed E-state index contributed by atoms with van der Waals surface area (Å²) in [4.78, 5) is 14.6. The molecule has 0 aromatic heterocycles. The standard InChI is InChI=1S/C35H20O/c36-35-33(26-17-5-11-21-9-1-3-15-24(21)26)31-28-19-7-13-23-14-8-20-29(30(23)28)32(31)34(35)27-18-6-12-22-10-2-4-16-25(22)27/h1-20H. The first-order valence-corrected chi connectivity index (χ1v) is 12.3. The number of hydrogen-bond acceptors (Lipinski definition) is 1. The maximum atomic E-state index is 14.6. The highest BCUT2D eigenvalue weighted by Crippen LogP contribution is 2.57. The summed E-state index contributed by atoms with van der Waals surface area (Å²) >= 11 is 0. The normalized spacial score (nSPS) is 14.5. The Morgan fingerprint density at radius 2 is 0.722 bits per heavy atom. The van der Waals surface area contributed by atoms with Gasteiger partial charge in [0.25, 0.3) is 0 Å². The Hall–Kier alpha value is -4.75. The Morgan fingerprint density at radius 1 is 0.333 bits per heavy atom. The van der Waals surface area contributed by atoms with Crippen molar-refractivity contribution in [2.75, 3.05) is 0 Å². The van der Waals surface area contributed by atoms with E-state index in [0.29, 0.717) is 0 Å². The summed E-state index contributed by atoms with van der Waals surface area (Å²) in [6.45, 7) is 0. The van der Waals surface area contributed by atoms with E-state index in [4.69, 9.17) is 0 Å². The highest BCUT2D eigenvalue weighted by atomic mass is 16.1. The molecule has 166 valence electrons. The number of rotatable bonds is 2. The molecule has 0 saturated carbocycles. The average Bonchev–Trinajstić information content (AvgIpc) is 3.41. The van der Waals surface area contributed by atoms with Crippen LogP contribution in [0.25, 0.3) is 54.6 Å². The molecule has 0 saturated heterocycles. The number of carbonyl (C=O) groups excluding carboxylic acids is 1. The van der Waals surface area contributed by atoms with Crippen LogP contribution in [-0.4, -0.2) is 5.78 Å². The summed E-state index contributed by atoms with van der Waals surface area (Å²) in [5, 5.41) is 6.96. The van der Waals surface area contributed by atoms with Crippen molar-refractivity contribution in [3.05, 3.63) is 144 Å². The van der Waals surface area contributed by atoms with E-state index >= 15 is 0 Å². The number of Topliss-reactive ketones (excluding diaryl/α,β-unsaturated/α-hetero) is 1. The fourth-order valence-electron chi connectivity index (χ4n) is 6.30. The Kier molecular flexibility index (Phi) is 3.87. The number of ketones is 1. The highest BCUT2D eigenvalue weighted by Gasteiger charge is 2.40. The van der Waals surface area contributed by atoms with Crippen LogP contribution >= 0.6 is 0 Å². The molecule has 6 aromatic carbocycles. The van der Waals surface area contributed by atoms with Gasteiger partial charge >= 0.3 is 0 Å². The predicted molar refractivity (Wildman–Crippen MR) is 150 cm³/mol. The van der Waals surface area contributed by atoms with E-state index in [1.165, 1.54) is 10.8 Å². The van der Waals surface area contributed by atoms with Crippen LogP contribution in [-0.2, 0) is 4.79 Å². The molecule has 0 N–H and O–H groups in total. The van der Waals surface area contributed by atoms with E-state index < -0.39 is 0 Å². The molecule has 2 aliphatic carbocycles. The third-order valence-corrected chi connectivity index (χ3v) is 7.77. The van der Waals surface area contributed by atoms with Gasteiger partial charge in [-0.3, -0.25) is 4.79 Å². The molecule has 0 bridgehead atoms. The molecule has 0 radical (unpaired) electrons. The number of fused-ring (bicyclic) bond motifs is 5. The number of hydrogen-bond donors (Lipinski definition) is 0. The Bertz CT molecular complexity index is 1850. The summed E-state index contributed by atoms with van der Waals surface area (Å²) in [7, 11) is 0. The first-order valence-electron chi connectivity index (χ1n) is 12.3. The van der Waals surface area contributed by atoms with E-state index in [2.05, 4.69) is 121 Å². The van der Waals surface area contributed by atoms with E-state index in [9.17, 15) is 4.79 Å². The minimum atomic E-state index is 0.110. The van der Waals surface area contributed by atoms with Gasteiger partial charge in [0.05, 0.1) is 0 Å². The summed E-state index contributed by atoms with van der Waals surface area (Å²) in [6.07, 6.45) is 0. The third kappa shape index (κ3) is 2.47. The lowest BCUT2D eigenvalue weighted by Crippen LogP contribution is -2.03. The molecule has 1 nitrogen and oxygen atoms in total. The molecule has 36 heavy (non-hydrogen) atoms. The summed E-state index contributed by atoms with van der Waals surface area (Å²) in [5.41, 5.74) is 8.10. The Morgan fingerprint density at radius 3 is 1.22 bits per heavy atom. The molecule has 0 atom stereocenters. The van der Waals surface area contributed by atoms with Gasteiger partial charge < -0.3 is 0 Å². The van der Waals surface area contributed by atoms with Crippen molar-refractivity contribution in [1.82, 2.24) is 0 Å². The van der Waals surface area contributed by atoms with Crippen LogP contribution in [0.3, 0.4) is 0 Å². The van der Waals surface area contributed by atoms with Crippen molar-refractivity contribution in [3.63, 3.8) is 0 Å². The maximum Gasteiger partial charge on any atom is 0.195 e. The minimum absolute atomic E-state index is 0.110. The fourth-order valence-corrected chi connectivity index (χ4v) is 6.30. The van der Waals surface area contributed by atoms with Crippen LogP contribution in [0.1, 0.15) is 22.3 Å². The van der Waals surface area contributed by atoms with E-state index in [1.54, 1.807) is 0 Å². The van der Waals surface area contributed by atoms with Gasteiger partial charge in [0, 0.05) is 22.3 Å². The second-order valence-electron chi connectivity index (χ2n) is 9.59. The molecule has 6 aromatic rings. The fraction of sp³-hybridized carbons (Fsp3) is 0. The van der Waals surface area contributed by atoms with Gasteiger partial charge in [0.15, 0.2) is 5.78 Å². The van der Waals surface area contributed by atoms with Crippen LogP contribution in [0.4, 0.5) is 0 Å². The SMILES string of the molecule is O=C1C(c2cccc3ccccc23)=C2C(=C1c1cccc3ccccc13)c1cccc3cccc2c13. The molecular formula is C35H20O. The lowest BCUT2D eigenvalue weighted by atomic mass is 9.89. The van der Waals surface area contributed by atoms with Gasteiger partial charge in [-0.1, -0.05) is 121 Å². The minimum Gasteiger partial charge on any atom is -0.289 e. The molecular weight excluding hydrogens is 436 g/mol. The van der Waals surface area contributed by atoms with E-state index in [1.807, 2.05) is 0 Å². The largest absolute Gasteiger partial charge is 0.289 e. The lowest BCUT2D eigenvalue weighted by Gasteiger charge is -2.13. The van der Waals surface area contributed by atoms with Crippen molar-refractivity contribution >= 4 is 60.4 Å². The van der Waals surface area contributed by atoms with Gasteiger partial charge in [0.1, 0.15) is 0 Å². The Labute approximate surface area is 208 Å². The monoisotopic (exact) mass is 456 g/mol. The molecule has 0 heterocycles. The van der Waals surface area contributed by atoms with Crippen LogP contribution in [0.15, 0.2) is 121 Å². The topological polar surface area (TPSA) is 17.1 Å². The van der Waals surface area contributed by atoms with E-state index in [0.717, 1.165) is 66.1 Å². The zero-order chi connectivity index (χ0) is 23.8. The van der Waals surface area contributed by atoms with Crippen molar-refractivity contribution < 1.29 is 4.79 Å². The molecule has 0 aliphatic heterocycles. The first kappa shape index (κ1) is 19.5. The van der Waals surface area contributed by atoms with Gasteiger partial charge in [-0.15, -0.1) is 0 Å². The third-order valence-electron chi connectivity index (χ3n) is 7.77. The molecule has 1 heteroatoms. The summed E-state index contributed by atoms with van der Waals surface area (Å²) < 4.78 is 0. The molecule has 0 unspecified atom stereocenters. The van der Waals surface area contributed by atoms with Gasteiger partial charge in [-0.2, -0.15) is 0 Å². The maximum absolute atomic E-state index is 14.6. The zero-order valence-electron chi connectivity index (χ0n) is 19.5. The zero-order valence-corrected chi connectivity index (χ0v) is 19.5. The smallest absolute Gasteiger partial charge is 0.195 e. The molecule has 0 amide bonds. The number of carbonyl (C=O) groups is 1. The lowest BCUT2D eigenvalue weighted by molar-refractivity contribution is -0.108. The van der Waals surface area contributed by atoms with Crippen molar-refractivity contribution in [2.24, 2.45) is 0 Å². The summed E-state index contributed by atoms with van der Waals surface area (Å²) in [5.74, 6) is 0.110. The quantitative estimate of drug-likeness (QED) is 0.255. The highest BCUT2D eigenvalue weighted by molar-refractivity contribution is 6.62. The second-order valence-corrected chi connectivity index (χ2v) is 9.59. The van der Waals surface area contributed by atoms with Crippen molar-refractivity contribution in [2.45, 2.75) is 0 Å². The molecule has 0 fully saturated rings. The van der Waals surface area contributed by atoms with Crippen LogP contribution in [0.2, 0.25) is 0 Å². The second kappa shape index (κ2) is 7.13. The van der Waals surface area contributed by atoms with Gasteiger partial charge in [-0.25, -0.2) is 0 Å². The average molecular weight is 457 g/mol.